The Kier molecular flexibility index (Phi) is 18.4. The molecule has 3 nitrogen and oxygen atoms in total. The maximum Gasteiger partial charge on any atom is 0.188 e. The minimum absolute atomic E-state index is 0.366. The molecule has 0 unspecified atom stereocenters. The van der Waals surface area contributed by atoms with Gasteiger partial charge in [-0.1, -0.05) is 51.9 Å². The summed E-state index contributed by atoms with van der Waals surface area (Å²) in [6.07, 6.45) is 18.8. The van der Waals surface area contributed by atoms with Crippen LogP contribution in [0.1, 0.15) is 84.0 Å². The summed E-state index contributed by atoms with van der Waals surface area (Å²) in [4.78, 5) is 10.1. The molecule has 0 aliphatic rings. The summed E-state index contributed by atoms with van der Waals surface area (Å²) >= 11 is 0. The zero-order valence-corrected chi connectivity index (χ0v) is 13.9. The topological polar surface area (TPSA) is 35.5 Å². The van der Waals surface area contributed by atoms with E-state index in [0.29, 0.717) is 13.2 Å². The molecule has 0 saturated carbocycles. The summed E-state index contributed by atoms with van der Waals surface area (Å²) in [5.74, 6) is 0. The number of allylic oxidation sites excluding steroid dienone is 1. The summed E-state index contributed by atoms with van der Waals surface area (Å²) in [5, 5.41) is 0. The van der Waals surface area contributed by atoms with Gasteiger partial charge in [-0.2, -0.15) is 0 Å². The average molecular weight is 298 g/mol. The maximum atomic E-state index is 10.1. The predicted octanol–water partition coefficient (Wildman–Crippen LogP) is 5.39. The Labute approximate surface area is 131 Å². The molecule has 0 bridgehead atoms. The van der Waals surface area contributed by atoms with E-state index >= 15 is 0 Å². The van der Waals surface area contributed by atoms with E-state index in [-0.39, 0.29) is 0 Å². The van der Waals surface area contributed by atoms with E-state index in [1.807, 2.05) is 6.08 Å². The van der Waals surface area contributed by atoms with Crippen molar-refractivity contribution in [1.29, 1.82) is 0 Å². The quantitative estimate of drug-likeness (QED) is 0.156. The average Bonchev–Trinajstić information content (AvgIpc) is 2.50. The van der Waals surface area contributed by atoms with Crippen molar-refractivity contribution in [2.75, 3.05) is 13.4 Å². The number of carbonyl (C=O) groups excluding carboxylic acids is 1. The first-order chi connectivity index (χ1) is 10.4. The van der Waals surface area contributed by atoms with Crippen LogP contribution in [0, 0.1) is 0 Å². The predicted molar refractivity (Wildman–Crippen MR) is 88.2 cm³/mol. The van der Waals surface area contributed by atoms with E-state index in [9.17, 15) is 4.79 Å². The van der Waals surface area contributed by atoms with Crippen LogP contribution >= 0.6 is 0 Å². The lowest BCUT2D eigenvalue weighted by molar-refractivity contribution is -0.107. The van der Waals surface area contributed by atoms with Crippen LogP contribution in [0.25, 0.3) is 0 Å². The highest BCUT2D eigenvalue weighted by molar-refractivity contribution is 5.48. The Bertz CT molecular complexity index is 227. The molecule has 0 radical (unpaired) electrons. The molecule has 0 aliphatic carbocycles. The van der Waals surface area contributed by atoms with Gasteiger partial charge >= 0.3 is 0 Å². The number of hydrogen-bond donors (Lipinski definition) is 0. The fourth-order valence-corrected chi connectivity index (χ4v) is 2.11. The molecule has 0 aromatic carbocycles. The molecule has 124 valence electrons. The lowest BCUT2D eigenvalue weighted by atomic mass is 10.1. The van der Waals surface area contributed by atoms with Gasteiger partial charge in [0.1, 0.15) is 6.29 Å². The Morgan fingerprint density at radius 2 is 1.48 bits per heavy atom. The van der Waals surface area contributed by atoms with Crippen LogP contribution in [0.2, 0.25) is 0 Å². The van der Waals surface area contributed by atoms with Gasteiger partial charge in [0.2, 0.25) is 0 Å². The molecule has 0 spiro atoms. The maximum absolute atomic E-state index is 10.1. The summed E-state index contributed by atoms with van der Waals surface area (Å²) in [6.45, 7) is 3.41. The largest absolute Gasteiger partial charge is 0.475 e. The van der Waals surface area contributed by atoms with Gasteiger partial charge in [0, 0.05) is 6.42 Å². The van der Waals surface area contributed by atoms with Gasteiger partial charge in [0.05, 0.1) is 12.9 Å². The highest BCUT2D eigenvalue weighted by atomic mass is 16.7. The van der Waals surface area contributed by atoms with Gasteiger partial charge in [0.25, 0.3) is 0 Å². The van der Waals surface area contributed by atoms with Crippen molar-refractivity contribution >= 4 is 6.29 Å². The highest BCUT2D eigenvalue weighted by Gasteiger charge is 1.91. The van der Waals surface area contributed by atoms with Crippen LogP contribution in [0.3, 0.4) is 0 Å². The Morgan fingerprint density at radius 3 is 2.24 bits per heavy atom. The lowest BCUT2D eigenvalue weighted by Gasteiger charge is -2.03. The van der Waals surface area contributed by atoms with Crippen LogP contribution in [0.5, 0.6) is 0 Å². The summed E-state index contributed by atoms with van der Waals surface area (Å²) in [6, 6.07) is 0. The number of aldehydes is 1. The first kappa shape index (κ1) is 20.2. The monoisotopic (exact) mass is 298 g/mol. The number of hydrogen-bond acceptors (Lipinski definition) is 3. The van der Waals surface area contributed by atoms with Gasteiger partial charge in [0.15, 0.2) is 6.79 Å². The zero-order chi connectivity index (χ0) is 15.4. The summed E-state index contributed by atoms with van der Waals surface area (Å²) in [7, 11) is 0. The van der Waals surface area contributed by atoms with Gasteiger partial charge in [-0.3, -0.25) is 0 Å². The van der Waals surface area contributed by atoms with Crippen molar-refractivity contribution in [3.05, 3.63) is 12.3 Å². The zero-order valence-electron chi connectivity index (χ0n) is 13.9. The van der Waals surface area contributed by atoms with E-state index < -0.39 is 0 Å². The summed E-state index contributed by atoms with van der Waals surface area (Å²) < 4.78 is 10.7. The fraction of sp³-hybridized carbons (Fsp3) is 0.833. The van der Waals surface area contributed by atoms with Crippen molar-refractivity contribution in [1.82, 2.24) is 0 Å². The lowest BCUT2D eigenvalue weighted by Crippen LogP contribution is -1.98. The van der Waals surface area contributed by atoms with Gasteiger partial charge in [-0.15, -0.1) is 0 Å². The minimum atomic E-state index is 0.366. The van der Waals surface area contributed by atoms with Crippen molar-refractivity contribution in [3.63, 3.8) is 0 Å². The Hall–Kier alpha value is -0.830. The molecule has 0 fully saturated rings. The third-order valence-corrected chi connectivity index (χ3v) is 3.43. The third-order valence-electron chi connectivity index (χ3n) is 3.43. The van der Waals surface area contributed by atoms with Crippen LogP contribution in [0.4, 0.5) is 0 Å². The molecule has 3 heteroatoms. The molecule has 0 heterocycles. The number of carbonyl (C=O) groups is 1. The van der Waals surface area contributed by atoms with Crippen LogP contribution in [-0.4, -0.2) is 19.7 Å². The van der Waals surface area contributed by atoms with Crippen molar-refractivity contribution in [3.8, 4) is 0 Å². The normalized spacial score (nSPS) is 11.1. The van der Waals surface area contributed by atoms with Gasteiger partial charge in [-0.05, 0) is 31.8 Å². The molecule has 0 rings (SSSR count). The Morgan fingerprint density at radius 1 is 0.810 bits per heavy atom. The van der Waals surface area contributed by atoms with Crippen LogP contribution in [0.15, 0.2) is 12.3 Å². The fourth-order valence-electron chi connectivity index (χ4n) is 2.11. The SMILES string of the molecule is CCCCCCCCOCOC=CCCCCCCC=O. The second-order valence-electron chi connectivity index (χ2n) is 5.49. The second-order valence-corrected chi connectivity index (χ2v) is 5.49. The van der Waals surface area contributed by atoms with Crippen LogP contribution in [-0.2, 0) is 14.3 Å². The smallest absolute Gasteiger partial charge is 0.188 e. The van der Waals surface area contributed by atoms with Crippen molar-refractivity contribution in [2.24, 2.45) is 0 Å². The molecule has 0 N–H and O–H groups in total. The van der Waals surface area contributed by atoms with Gasteiger partial charge in [-0.25, -0.2) is 0 Å². The molecule has 21 heavy (non-hydrogen) atoms. The summed E-state index contributed by atoms with van der Waals surface area (Å²) in [5.41, 5.74) is 0. The van der Waals surface area contributed by atoms with E-state index in [2.05, 4.69) is 6.92 Å². The molecule has 0 aliphatic heterocycles. The molecule has 0 aromatic heterocycles. The Balaban J connectivity index is 3.03. The van der Waals surface area contributed by atoms with E-state index in [1.165, 1.54) is 38.5 Å². The standard InChI is InChI=1S/C18H34O3/c1-2-3-4-5-10-13-16-20-18-21-17-14-11-8-6-7-9-12-15-19/h14-15,17H,2-13,16,18H2,1H3. The van der Waals surface area contributed by atoms with E-state index in [4.69, 9.17) is 9.47 Å². The minimum Gasteiger partial charge on any atom is -0.475 e. The van der Waals surface area contributed by atoms with E-state index in [1.54, 1.807) is 6.26 Å². The molecule has 0 aromatic rings. The molecular weight excluding hydrogens is 264 g/mol. The van der Waals surface area contributed by atoms with Crippen molar-refractivity contribution in [2.45, 2.75) is 84.0 Å². The first-order valence-corrected chi connectivity index (χ1v) is 8.69. The third kappa shape index (κ3) is 19.2. The van der Waals surface area contributed by atoms with Gasteiger partial charge < -0.3 is 14.3 Å². The number of rotatable bonds is 17. The second kappa shape index (κ2) is 19.2. The molecule has 0 amide bonds. The molecular formula is C18H34O3. The highest BCUT2D eigenvalue weighted by Crippen LogP contribution is 2.06. The molecule has 0 atom stereocenters. The number of unbranched alkanes of at least 4 members (excludes halogenated alkanes) is 10. The molecule has 0 saturated heterocycles. The van der Waals surface area contributed by atoms with Crippen molar-refractivity contribution < 1.29 is 14.3 Å². The van der Waals surface area contributed by atoms with Crippen LogP contribution < -0.4 is 0 Å². The number of ether oxygens (including phenoxy) is 2. The first-order valence-electron chi connectivity index (χ1n) is 8.69. The van der Waals surface area contributed by atoms with E-state index in [0.717, 1.165) is 45.0 Å².